The van der Waals surface area contributed by atoms with E-state index >= 15 is 0 Å². The first-order valence-electron chi connectivity index (χ1n) is 9.42. The lowest BCUT2D eigenvalue weighted by molar-refractivity contribution is 0.102. The van der Waals surface area contributed by atoms with Gasteiger partial charge in [0.1, 0.15) is 0 Å². The Hall–Kier alpha value is -2.46. The molecule has 3 nitrogen and oxygen atoms in total. The van der Waals surface area contributed by atoms with Crippen molar-refractivity contribution >= 4 is 23.1 Å². The minimum Gasteiger partial charge on any atom is -0.351 e. The molecule has 2 aromatic carbocycles. The van der Waals surface area contributed by atoms with Gasteiger partial charge in [-0.1, -0.05) is 68.4 Å². The number of rotatable bonds is 5. The third-order valence-corrected chi connectivity index (χ3v) is 5.47. The van der Waals surface area contributed by atoms with Crippen LogP contribution in [-0.4, -0.2) is 22.3 Å². The summed E-state index contributed by atoms with van der Waals surface area (Å²) < 4.78 is 0. The fourth-order valence-corrected chi connectivity index (χ4v) is 3.91. The van der Waals surface area contributed by atoms with Gasteiger partial charge >= 0.3 is 0 Å². The fraction of sp³-hybridized carbons (Fsp3) is 0.304. The van der Waals surface area contributed by atoms with E-state index in [1.807, 2.05) is 49.1 Å². The van der Waals surface area contributed by atoms with Crippen LogP contribution in [0.25, 0.3) is 0 Å². The Balaban J connectivity index is 2.08. The van der Waals surface area contributed by atoms with Crippen LogP contribution >= 0.6 is 12.2 Å². The van der Waals surface area contributed by atoms with Crippen molar-refractivity contribution in [2.24, 2.45) is 0 Å². The molecule has 2 aromatic rings. The summed E-state index contributed by atoms with van der Waals surface area (Å²) in [6, 6.07) is 17.7. The molecular formula is C23H26N2OS. The van der Waals surface area contributed by atoms with E-state index in [-0.39, 0.29) is 11.8 Å². The molecule has 1 unspecified atom stereocenters. The van der Waals surface area contributed by atoms with Crippen molar-refractivity contribution in [2.75, 3.05) is 6.54 Å². The first kappa shape index (κ1) is 19.3. The number of carbonyl (C=O) groups excluding carboxylic acids is 1. The molecule has 1 aliphatic rings. The molecule has 0 fully saturated rings. The Labute approximate surface area is 167 Å². The quantitative estimate of drug-likeness (QED) is 0.571. The Bertz CT molecular complexity index is 869. The summed E-state index contributed by atoms with van der Waals surface area (Å²) in [5, 5.41) is 4.06. The zero-order valence-electron chi connectivity index (χ0n) is 16.3. The molecule has 0 spiro atoms. The van der Waals surface area contributed by atoms with Crippen LogP contribution in [0.15, 0.2) is 65.9 Å². The molecule has 0 saturated heterocycles. The van der Waals surface area contributed by atoms with E-state index in [0.29, 0.717) is 16.6 Å². The Morgan fingerprint density at radius 3 is 2.30 bits per heavy atom. The molecule has 27 heavy (non-hydrogen) atoms. The van der Waals surface area contributed by atoms with Crippen LogP contribution in [0.3, 0.4) is 0 Å². The van der Waals surface area contributed by atoms with Gasteiger partial charge in [0.2, 0.25) is 0 Å². The first-order chi connectivity index (χ1) is 12.9. The van der Waals surface area contributed by atoms with Crippen molar-refractivity contribution in [2.45, 2.75) is 39.7 Å². The van der Waals surface area contributed by atoms with E-state index in [4.69, 9.17) is 12.2 Å². The molecule has 0 aromatic heterocycles. The number of ketones is 1. The molecule has 1 N–H and O–H groups in total. The molecule has 1 aliphatic heterocycles. The highest BCUT2D eigenvalue weighted by Gasteiger charge is 2.33. The summed E-state index contributed by atoms with van der Waals surface area (Å²) >= 11 is 5.57. The molecular weight excluding hydrogens is 352 g/mol. The van der Waals surface area contributed by atoms with E-state index in [0.717, 1.165) is 23.4 Å². The van der Waals surface area contributed by atoms with E-state index in [1.165, 1.54) is 5.56 Å². The number of nitrogens with zero attached hydrogens (tertiary/aromatic N) is 1. The van der Waals surface area contributed by atoms with Crippen LogP contribution in [0.1, 0.15) is 61.1 Å². The normalized spacial score (nSPS) is 17.3. The summed E-state index contributed by atoms with van der Waals surface area (Å²) in [5.41, 5.74) is 4.71. The second-order valence-electron chi connectivity index (χ2n) is 7.14. The van der Waals surface area contributed by atoms with Crippen LogP contribution in [0.4, 0.5) is 0 Å². The van der Waals surface area contributed by atoms with E-state index in [9.17, 15) is 4.79 Å². The lowest BCUT2D eigenvalue weighted by Crippen LogP contribution is -2.47. The lowest BCUT2D eigenvalue weighted by Gasteiger charge is -2.37. The largest absolute Gasteiger partial charge is 0.351 e. The number of carbonyl (C=O) groups is 1. The summed E-state index contributed by atoms with van der Waals surface area (Å²) in [4.78, 5) is 15.4. The zero-order valence-corrected chi connectivity index (χ0v) is 17.1. The molecule has 1 heterocycles. The highest BCUT2D eigenvalue weighted by Crippen LogP contribution is 2.33. The second-order valence-corrected chi connectivity index (χ2v) is 7.53. The third-order valence-electron chi connectivity index (χ3n) is 5.13. The Morgan fingerprint density at radius 2 is 1.74 bits per heavy atom. The van der Waals surface area contributed by atoms with Gasteiger partial charge in [-0.3, -0.25) is 4.79 Å². The van der Waals surface area contributed by atoms with Gasteiger partial charge < -0.3 is 10.2 Å². The van der Waals surface area contributed by atoms with Crippen LogP contribution in [-0.2, 0) is 0 Å². The maximum absolute atomic E-state index is 13.4. The van der Waals surface area contributed by atoms with Crippen LogP contribution in [0.5, 0.6) is 0 Å². The predicted octanol–water partition coefficient (Wildman–Crippen LogP) is 5.22. The molecule has 0 radical (unpaired) electrons. The molecule has 0 saturated carbocycles. The standard InChI is InChI=1S/C23H26N2OS/c1-5-25-16(4)20(22(26)19-9-7-6-8-10-19)21(24-23(25)27)18-13-11-17(12-14-18)15(2)3/h6-15,21H,5H2,1-4H3,(H,24,27). The van der Waals surface area contributed by atoms with E-state index < -0.39 is 0 Å². The number of thiocarbonyl (C=S) groups is 1. The van der Waals surface area contributed by atoms with Crippen LogP contribution in [0.2, 0.25) is 0 Å². The average Bonchev–Trinajstić information content (AvgIpc) is 2.68. The summed E-state index contributed by atoms with van der Waals surface area (Å²) in [6.45, 7) is 9.11. The fourth-order valence-electron chi connectivity index (χ4n) is 3.52. The van der Waals surface area contributed by atoms with Gasteiger partial charge in [-0.25, -0.2) is 0 Å². The number of benzene rings is 2. The lowest BCUT2D eigenvalue weighted by atomic mass is 9.88. The van der Waals surface area contributed by atoms with Gasteiger partial charge in [-0.2, -0.15) is 0 Å². The molecule has 4 heteroatoms. The molecule has 0 bridgehead atoms. The second kappa shape index (κ2) is 8.05. The minimum atomic E-state index is -0.241. The van der Waals surface area contributed by atoms with Crippen molar-refractivity contribution in [1.29, 1.82) is 0 Å². The smallest absolute Gasteiger partial charge is 0.193 e. The van der Waals surface area contributed by atoms with Crippen molar-refractivity contribution in [3.8, 4) is 0 Å². The van der Waals surface area contributed by atoms with Crippen LogP contribution < -0.4 is 5.32 Å². The summed E-state index contributed by atoms with van der Waals surface area (Å²) in [5.74, 6) is 0.511. The average molecular weight is 379 g/mol. The highest BCUT2D eigenvalue weighted by molar-refractivity contribution is 7.80. The van der Waals surface area contributed by atoms with Crippen molar-refractivity contribution < 1.29 is 4.79 Å². The van der Waals surface area contributed by atoms with Gasteiger partial charge in [-0.05, 0) is 43.1 Å². The van der Waals surface area contributed by atoms with Crippen LogP contribution in [0, 0.1) is 0 Å². The number of hydrogen-bond donors (Lipinski definition) is 1. The molecule has 0 amide bonds. The number of hydrogen-bond acceptors (Lipinski definition) is 2. The Kier molecular flexibility index (Phi) is 5.76. The SMILES string of the molecule is CCN1C(=S)NC(c2ccc(C(C)C)cc2)C(C(=O)c2ccccc2)=C1C. The minimum absolute atomic E-state index is 0.0412. The first-order valence-corrected chi connectivity index (χ1v) is 9.83. The van der Waals surface area contributed by atoms with Crippen molar-refractivity contribution in [1.82, 2.24) is 10.2 Å². The maximum Gasteiger partial charge on any atom is 0.193 e. The highest BCUT2D eigenvalue weighted by atomic mass is 32.1. The van der Waals surface area contributed by atoms with Gasteiger partial charge in [0.15, 0.2) is 10.9 Å². The number of allylic oxidation sites excluding steroid dienone is 1. The van der Waals surface area contributed by atoms with Gasteiger partial charge in [-0.15, -0.1) is 0 Å². The predicted molar refractivity (Wildman–Crippen MR) is 115 cm³/mol. The number of nitrogens with one attached hydrogen (secondary N) is 1. The maximum atomic E-state index is 13.4. The van der Waals surface area contributed by atoms with E-state index in [2.05, 4.69) is 43.4 Å². The number of Topliss-reactive ketones (excluding diaryl/α,β-unsaturated/α-hetero) is 1. The molecule has 140 valence electrons. The summed E-state index contributed by atoms with van der Waals surface area (Å²) in [7, 11) is 0. The van der Waals surface area contributed by atoms with Gasteiger partial charge in [0.05, 0.1) is 6.04 Å². The van der Waals surface area contributed by atoms with Gasteiger partial charge in [0, 0.05) is 23.4 Å². The summed E-state index contributed by atoms with van der Waals surface area (Å²) in [6.07, 6.45) is 0. The van der Waals surface area contributed by atoms with E-state index in [1.54, 1.807) is 0 Å². The Morgan fingerprint density at radius 1 is 1.11 bits per heavy atom. The molecule has 3 rings (SSSR count). The van der Waals surface area contributed by atoms with Crippen molar-refractivity contribution in [3.05, 3.63) is 82.6 Å². The monoisotopic (exact) mass is 378 g/mol. The molecule has 1 atom stereocenters. The van der Waals surface area contributed by atoms with Gasteiger partial charge in [0.25, 0.3) is 0 Å². The third kappa shape index (κ3) is 3.81. The topological polar surface area (TPSA) is 32.3 Å². The molecule has 0 aliphatic carbocycles. The zero-order chi connectivity index (χ0) is 19.6. The van der Waals surface area contributed by atoms with Crippen molar-refractivity contribution in [3.63, 3.8) is 0 Å².